The summed E-state index contributed by atoms with van der Waals surface area (Å²) in [4.78, 5) is 0. The number of halogens is 2. The van der Waals surface area contributed by atoms with Gasteiger partial charge in [0.05, 0.1) is 22.7 Å². The van der Waals surface area contributed by atoms with Gasteiger partial charge in [-0.25, -0.2) is 4.68 Å². The van der Waals surface area contributed by atoms with Gasteiger partial charge in [-0.1, -0.05) is 40.5 Å². The largest absolute Gasteiger partial charge is 0.497 e. The third-order valence-corrected chi connectivity index (χ3v) is 3.97. The van der Waals surface area contributed by atoms with Crippen molar-refractivity contribution in [1.29, 1.82) is 5.26 Å². The van der Waals surface area contributed by atoms with Crippen molar-refractivity contribution in [1.82, 2.24) is 15.0 Å². The molecule has 7 heteroatoms. The first-order valence-electron chi connectivity index (χ1n) is 6.59. The van der Waals surface area contributed by atoms with Crippen molar-refractivity contribution in [3.05, 3.63) is 52.0 Å². The molecule has 0 saturated heterocycles. The van der Waals surface area contributed by atoms with Gasteiger partial charge in [0.2, 0.25) is 0 Å². The van der Waals surface area contributed by atoms with E-state index < -0.39 is 0 Å². The van der Waals surface area contributed by atoms with E-state index in [0.717, 1.165) is 11.3 Å². The molecule has 0 bridgehead atoms. The van der Waals surface area contributed by atoms with Crippen molar-refractivity contribution in [3.8, 4) is 11.8 Å². The Morgan fingerprint density at radius 2 is 1.91 bits per heavy atom. The number of ether oxygens (including phenoxy) is 1. The van der Waals surface area contributed by atoms with E-state index in [9.17, 15) is 5.26 Å². The van der Waals surface area contributed by atoms with Crippen LogP contribution in [0.3, 0.4) is 0 Å². The topological polar surface area (TPSA) is 63.7 Å². The Balaban J connectivity index is 2.08. The molecule has 3 rings (SSSR count). The Labute approximate surface area is 142 Å². The molecule has 0 spiro atoms. The summed E-state index contributed by atoms with van der Waals surface area (Å²) in [6.45, 7) is 0. The number of hydrogen-bond acceptors (Lipinski definition) is 4. The van der Waals surface area contributed by atoms with Gasteiger partial charge in [0.1, 0.15) is 23.0 Å². The zero-order chi connectivity index (χ0) is 16.4. The van der Waals surface area contributed by atoms with E-state index in [-0.39, 0.29) is 0 Å². The van der Waals surface area contributed by atoms with Gasteiger partial charge in [0, 0.05) is 0 Å². The number of allylic oxidation sites excluding steroid dienone is 1. The van der Waals surface area contributed by atoms with Gasteiger partial charge < -0.3 is 4.74 Å². The molecule has 0 unspecified atom stereocenters. The molecule has 0 aliphatic heterocycles. The molecule has 23 heavy (non-hydrogen) atoms. The number of benzene rings is 2. The molecule has 0 N–H and O–H groups in total. The maximum absolute atomic E-state index is 9.45. The zero-order valence-electron chi connectivity index (χ0n) is 12.0. The highest BCUT2D eigenvalue weighted by Gasteiger charge is 2.11. The molecule has 2 aromatic carbocycles. The summed E-state index contributed by atoms with van der Waals surface area (Å²) in [7, 11) is 1.60. The molecule has 1 aromatic heterocycles. The van der Waals surface area contributed by atoms with Crippen LogP contribution in [-0.4, -0.2) is 22.1 Å². The Morgan fingerprint density at radius 3 is 2.57 bits per heavy atom. The van der Waals surface area contributed by atoms with Gasteiger partial charge in [-0.3, -0.25) is 0 Å². The summed E-state index contributed by atoms with van der Waals surface area (Å²) in [6.07, 6.45) is 1.70. The number of hydrogen-bond donors (Lipinski definition) is 0. The first-order valence-corrected chi connectivity index (χ1v) is 7.34. The number of aromatic nitrogens is 3. The van der Waals surface area contributed by atoms with E-state index in [1.54, 1.807) is 25.3 Å². The summed E-state index contributed by atoms with van der Waals surface area (Å²) < 4.78 is 6.55. The minimum atomic E-state index is 0.316. The lowest BCUT2D eigenvalue weighted by atomic mass is 10.2. The van der Waals surface area contributed by atoms with Crippen molar-refractivity contribution in [2.24, 2.45) is 0 Å². The first kappa shape index (κ1) is 15.3. The lowest BCUT2D eigenvalue weighted by Gasteiger charge is -2.03. The predicted molar refractivity (Wildman–Crippen MR) is 90.3 cm³/mol. The molecule has 3 aromatic rings. The van der Waals surface area contributed by atoms with Gasteiger partial charge >= 0.3 is 0 Å². The fraction of sp³-hybridized carbons (Fsp3) is 0.0625. The summed E-state index contributed by atoms with van der Waals surface area (Å²) in [5.41, 5.74) is 2.33. The smallest absolute Gasteiger partial charge is 0.145 e. The Hall–Kier alpha value is -2.55. The molecule has 5 nitrogen and oxygen atoms in total. The molecule has 0 saturated carbocycles. The minimum Gasteiger partial charge on any atom is -0.497 e. The summed E-state index contributed by atoms with van der Waals surface area (Å²) in [5, 5.41) is 18.3. The van der Waals surface area contributed by atoms with Crippen molar-refractivity contribution < 1.29 is 4.74 Å². The molecule has 1 heterocycles. The second-order valence-electron chi connectivity index (χ2n) is 4.67. The molecule has 0 fully saturated rings. The third kappa shape index (κ3) is 3.00. The van der Waals surface area contributed by atoms with Gasteiger partial charge in [0.15, 0.2) is 0 Å². The van der Waals surface area contributed by atoms with Crippen LogP contribution in [-0.2, 0) is 0 Å². The molecule has 0 atom stereocenters. The standard InChI is InChI=1S/C16H10Cl2N4O/c1-23-12-4-2-10(3-5-12)6-11(9-19)22-16-8-14(18)13(17)7-15(16)20-21-22/h2-8H,1H3/b11-6+. The Bertz CT molecular complexity index is 939. The van der Waals surface area contributed by atoms with Gasteiger partial charge in [-0.2, -0.15) is 5.26 Å². The normalized spacial score (nSPS) is 11.5. The van der Waals surface area contributed by atoms with Crippen LogP contribution >= 0.6 is 23.2 Å². The maximum atomic E-state index is 9.45. The van der Waals surface area contributed by atoms with E-state index >= 15 is 0 Å². The van der Waals surface area contributed by atoms with Crippen LogP contribution in [0.2, 0.25) is 10.0 Å². The van der Waals surface area contributed by atoms with Crippen LogP contribution in [0.1, 0.15) is 5.56 Å². The monoisotopic (exact) mass is 344 g/mol. The quantitative estimate of drug-likeness (QED) is 0.665. The van der Waals surface area contributed by atoms with E-state index in [0.29, 0.717) is 26.8 Å². The molecule has 0 amide bonds. The van der Waals surface area contributed by atoms with Crippen LogP contribution in [0.5, 0.6) is 5.75 Å². The highest BCUT2D eigenvalue weighted by Crippen LogP contribution is 2.28. The van der Waals surface area contributed by atoms with E-state index in [1.165, 1.54) is 4.68 Å². The Morgan fingerprint density at radius 1 is 1.22 bits per heavy atom. The predicted octanol–water partition coefficient (Wildman–Crippen LogP) is 4.27. The van der Waals surface area contributed by atoms with E-state index in [4.69, 9.17) is 27.9 Å². The van der Waals surface area contributed by atoms with Crippen LogP contribution in [0, 0.1) is 11.3 Å². The van der Waals surface area contributed by atoms with E-state index in [2.05, 4.69) is 16.4 Å². The van der Waals surface area contributed by atoms with Gasteiger partial charge in [-0.05, 0) is 35.9 Å². The summed E-state index contributed by atoms with van der Waals surface area (Å²) >= 11 is 12.0. The highest BCUT2D eigenvalue weighted by atomic mass is 35.5. The second kappa shape index (κ2) is 6.29. The number of nitrogens with zero attached hydrogens (tertiary/aromatic N) is 4. The average molecular weight is 345 g/mol. The molecular weight excluding hydrogens is 335 g/mol. The fourth-order valence-corrected chi connectivity index (χ4v) is 2.41. The molecule has 0 radical (unpaired) electrons. The van der Waals surface area contributed by atoms with Crippen LogP contribution in [0.4, 0.5) is 0 Å². The van der Waals surface area contributed by atoms with Crippen LogP contribution in [0.15, 0.2) is 36.4 Å². The van der Waals surface area contributed by atoms with E-state index in [1.807, 2.05) is 24.3 Å². The zero-order valence-corrected chi connectivity index (χ0v) is 13.5. The van der Waals surface area contributed by atoms with Crippen molar-refractivity contribution >= 4 is 46.0 Å². The minimum absolute atomic E-state index is 0.316. The summed E-state index contributed by atoms with van der Waals surface area (Å²) in [6, 6.07) is 12.7. The maximum Gasteiger partial charge on any atom is 0.145 e. The van der Waals surface area contributed by atoms with Crippen molar-refractivity contribution in [2.75, 3.05) is 7.11 Å². The molecule has 114 valence electrons. The molecule has 0 aliphatic carbocycles. The number of fused-ring (bicyclic) bond motifs is 1. The second-order valence-corrected chi connectivity index (χ2v) is 5.49. The van der Waals surface area contributed by atoms with Crippen molar-refractivity contribution in [3.63, 3.8) is 0 Å². The fourth-order valence-electron chi connectivity index (χ4n) is 2.09. The van der Waals surface area contributed by atoms with Crippen LogP contribution < -0.4 is 4.74 Å². The van der Waals surface area contributed by atoms with Gasteiger partial charge in [0.25, 0.3) is 0 Å². The van der Waals surface area contributed by atoms with Crippen molar-refractivity contribution in [2.45, 2.75) is 0 Å². The lowest BCUT2D eigenvalue weighted by molar-refractivity contribution is 0.415. The average Bonchev–Trinajstić information content (AvgIpc) is 2.96. The molecular formula is C16H10Cl2N4O. The first-order chi connectivity index (χ1) is 11.1. The number of rotatable bonds is 3. The third-order valence-electron chi connectivity index (χ3n) is 3.25. The highest BCUT2D eigenvalue weighted by molar-refractivity contribution is 6.42. The lowest BCUT2D eigenvalue weighted by Crippen LogP contribution is -1.97. The Kier molecular flexibility index (Phi) is 4.20. The number of nitriles is 1. The van der Waals surface area contributed by atoms with Crippen LogP contribution in [0.25, 0.3) is 22.8 Å². The summed E-state index contributed by atoms with van der Waals surface area (Å²) in [5.74, 6) is 0.744. The van der Waals surface area contributed by atoms with Gasteiger partial charge in [-0.15, -0.1) is 5.10 Å². The number of methoxy groups -OCH3 is 1. The molecule has 0 aliphatic rings. The SMILES string of the molecule is COc1ccc(/C=C(\C#N)n2nnc3cc(Cl)c(Cl)cc32)cc1.